The number of ether oxygens (including phenoxy) is 1. The van der Waals surface area contributed by atoms with E-state index in [1.54, 1.807) is 0 Å². The van der Waals surface area contributed by atoms with Crippen molar-refractivity contribution in [1.29, 1.82) is 0 Å². The van der Waals surface area contributed by atoms with Crippen LogP contribution in [0.5, 0.6) is 0 Å². The number of carbonyl (C=O) groups excluding carboxylic acids is 1. The second-order valence-electron chi connectivity index (χ2n) is 5.42. The first-order valence-electron chi connectivity index (χ1n) is 5.81. The summed E-state index contributed by atoms with van der Waals surface area (Å²) in [6.45, 7) is 5.60. The van der Waals surface area contributed by atoms with Gasteiger partial charge in [-0.05, 0) is 32.1 Å². The maximum Gasteiger partial charge on any atom is 0.404 e. The Morgan fingerprint density at radius 1 is 1.53 bits per heavy atom. The molecule has 1 saturated heterocycles. The third-order valence-electron chi connectivity index (χ3n) is 4.51. The van der Waals surface area contributed by atoms with Gasteiger partial charge in [0.2, 0.25) is 0 Å². The van der Waals surface area contributed by atoms with E-state index in [1.807, 2.05) is 0 Å². The summed E-state index contributed by atoms with van der Waals surface area (Å²) in [4.78, 5) is 13.3. The van der Waals surface area contributed by atoms with Gasteiger partial charge in [0.15, 0.2) is 0 Å². The molecule has 0 radical (unpaired) electrons. The van der Waals surface area contributed by atoms with Gasteiger partial charge < -0.3 is 10.5 Å². The maximum atomic E-state index is 10.8. The smallest absolute Gasteiger partial charge is 0.404 e. The lowest BCUT2D eigenvalue weighted by atomic mass is 9.51. The van der Waals surface area contributed by atoms with Gasteiger partial charge in [-0.15, -0.1) is 0 Å². The summed E-state index contributed by atoms with van der Waals surface area (Å²) in [6.07, 6.45) is 0.689. The van der Waals surface area contributed by atoms with Gasteiger partial charge in [-0.2, -0.15) is 0 Å². The van der Waals surface area contributed by atoms with Gasteiger partial charge in [0.05, 0.1) is 6.04 Å². The first-order valence-corrected chi connectivity index (χ1v) is 5.81. The molecule has 1 aliphatic heterocycles. The highest BCUT2D eigenvalue weighted by Gasteiger charge is 2.68. The Hall–Kier alpha value is -0.770. The molecule has 0 aromatic heterocycles. The number of hydrogen-bond acceptors (Lipinski definition) is 3. The molecule has 2 aliphatic carbocycles. The Kier molecular flexibility index (Phi) is 1.81. The molecule has 15 heavy (non-hydrogen) atoms. The van der Waals surface area contributed by atoms with Crippen molar-refractivity contribution >= 4 is 6.09 Å². The Bertz CT molecular complexity index is 305. The summed E-state index contributed by atoms with van der Waals surface area (Å²) in [7, 11) is 0. The summed E-state index contributed by atoms with van der Waals surface area (Å²) in [5, 5.41) is 0. The molecular formula is C11H18N2O2. The molecule has 0 bridgehead atoms. The quantitative estimate of drug-likeness (QED) is 0.733. The van der Waals surface area contributed by atoms with Gasteiger partial charge in [-0.3, -0.25) is 4.90 Å². The predicted molar refractivity (Wildman–Crippen MR) is 55.2 cm³/mol. The molecule has 3 fully saturated rings. The van der Waals surface area contributed by atoms with Crippen molar-refractivity contribution in [1.82, 2.24) is 4.90 Å². The van der Waals surface area contributed by atoms with Crippen LogP contribution < -0.4 is 5.73 Å². The topological polar surface area (TPSA) is 55.6 Å². The molecule has 5 atom stereocenters. The fourth-order valence-electron chi connectivity index (χ4n) is 3.87. The predicted octanol–water partition coefficient (Wildman–Crippen LogP) is 0.809. The van der Waals surface area contributed by atoms with E-state index in [1.165, 1.54) is 13.0 Å². The number of nitrogens with two attached hydrogens (primary N) is 1. The summed E-state index contributed by atoms with van der Waals surface area (Å²) < 4.78 is 5.23. The fourth-order valence-corrected chi connectivity index (χ4v) is 3.87. The van der Waals surface area contributed by atoms with Crippen LogP contribution >= 0.6 is 0 Å². The maximum absolute atomic E-state index is 10.8. The van der Waals surface area contributed by atoms with Gasteiger partial charge in [-0.1, -0.05) is 0 Å². The van der Waals surface area contributed by atoms with Crippen molar-refractivity contribution in [3.8, 4) is 0 Å². The lowest BCUT2D eigenvalue weighted by molar-refractivity contribution is -0.152. The molecule has 84 valence electrons. The average molecular weight is 210 g/mol. The second-order valence-corrected chi connectivity index (χ2v) is 5.42. The van der Waals surface area contributed by atoms with E-state index in [9.17, 15) is 4.79 Å². The zero-order chi connectivity index (χ0) is 10.7. The van der Waals surface area contributed by atoms with Crippen molar-refractivity contribution in [2.75, 3.05) is 6.54 Å². The Morgan fingerprint density at radius 2 is 2.27 bits per heavy atom. The van der Waals surface area contributed by atoms with Crippen LogP contribution in [-0.4, -0.2) is 35.7 Å². The number of carbonyl (C=O) groups is 1. The van der Waals surface area contributed by atoms with E-state index in [4.69, 9.17) is 10.5 Å². The zero-order valence-corrected chi connectivity index (χ0v) is 9.22. The van der Waals surface area contributed by atoms with Crippen molar-refractivity contribution in [2.45, 2.75) is 38.5 Å². The summed E-state index contributed by atoms with van der Waals surface area (Å²) in [5.74, 6) is 2.25. The number of primary amides is 1. The minimum absolute atomic E-state index is 0.0775. The summed E-state index contributed by atoms with van der Waals surface area (Å²) in [5.41, 5.74) is 5.11. The molecule has 3 rings (SSSR count). The molecule has 4 heteroatoms. The molecule has 0 aromatic rings. The van der Waals surface area contributed by atoms with Crippen LogP contribution in [0.25, 0.3) is 0 Å². The normalized spacial score (nSPS) is 47.0. The van der Waals surface area contributed by atoms with Gasteiger partial charge in [0.1, 0.15) is 6.10 Å². The number of nitrogens with zero attached hydrogens (tertiary/aromatic N) is 1. The van der Waals surface area contributed by atoms with Gasteiger partial charge >= 0.3 is 6.09 Å². The number of amides is 1. The molecule has 4 nitrogen and oxygen atoms in total. The van der Waals surface area contributed by atoms with Gasteiger partial charge in [0.25, 0.3) is 0 Å². The van der Waals surface area contributed by atoms with Gasteiger partial charge in [0, 0.05) is 18.5 Å². The lowest BCUT2D eigenvalue weighted by Gasteiger charge is -2.58. The number of likely N-dealkylation sites (tertiary alicyclic amines) is 1. The molecule has 0 spiro atoms. The van der Waals surface area contributed by atoms with Crippen LogP contribution in [0.2, 0.25) is 0 Å². The molecule has 3 aliphatic rings. The highest BCUT2D eigenvalue weighted by molar-refractivity contribution is 5.65. The standard InChI is InChI=1S/C11H18N2O2/c1-5(2)13-4-6-3-7-8(6)9(13)10(7)15-11(12)14/h5-10H,3-4H2,1-2H3,(H2,12,14). The monoisotopic (exact) mass is 210 g/mol. The molecular weight excluding hydrogens is 192 g/mol. The van der Waals surface area contributed by atoms with Crippen molar-refractivity contribution in [3.63, 3.8) is 0 Å². The zero-order valence-electron chi connectivity index (χ0n) is 9.22. The van der Waals surface area contributed by atoms with Crippen molar-refractivity contribution in [2.24, 2.45) is 23.5 Å². The molecule has 1 heterocycles. The third kappa shape index (κ3) is 1.08. The van der Waals surface area contributed by atoms with Crippen LogP contribution in [0.1, 0.15) is 20.3 Å². The molecule has 5 unspecified atom stereocenters. The number of rotatable bonds is 2. The highest BCUT2D eigenvalue weighted by atomic mass is 16.6. The van der Waals surface area contributed by atoms with E-state index in [2.05, 4.69) is 18.7 Å². The van der Waals surface area contributed by atoms with Crippen LogP contribution in [0.4, 0.5) is 4.79 Å². The minimum Gasteiger partial charge on any atom is -0.444 e. The molecule has 2 N–H and O–H groups in total. The molecule has 0 aromatic carbocycles. The lowest BCUT2D eigenvalue weighted by Crippen LogP contribution is -2.66. The van der Waals surface area contributed by atoms with Crippen LogP contribution in [0.15, 0.2) is 0 Å². The SMILES string of the molecule is CC(C)N1CC2CC3C(OC(N)=O)C1C23. The minimum atomic E-state index is -0.613. The van der Waals surface area contributed by atoms with Crippen molar-refractivity contribution in [3.05, 3.63) is 0 Å². The average Bonchev–Trinajstić information content (AvgIpc) is 2.25. The van der Waals surface area contributed by atoms with E-state index in [0.29, 0.717) is 18.0 Å². The Balaban J connectivity index is 1.75. The summed E-state index contributed by atoms with van der Waals surface area (Å²) >= 11 is 0. The second kappa shape index (κ2) is 2.88. The van der Waals surface area contributed by atoms with Crippen LogP contribution in [0.3, 0.4) is 0 Å². The highest BCUT2D eigenvalue weighted by Crippen LogP contribution is 2.62. The van der Waals surface area contributed by atoms with E-state index in [-0.39, 0.29) is 6.10 Å². The van der Waals surface area contributed by atoms with E-state index >= 15 is 0 Å². The van der Waals surface area contributed by atoms with E-state index < -0.39 is 6.09 Å². The first kappa shape index (κ1) is 9.46. The third-order valence-corrected chi connectivity index (χ3v) is 4.51. The van der Waals surface area contributed by atoms with E-state index in [0.717, 1.165) is 11.8 Å². The Morgan fingerprint density at radius 3 is 2.87 bits per heavy atom. The molecule has 2 saturated carbocycles. The molecule has 1 amide bonds. The first-order chi connectivity index (χ1) is 7.09. The van der Waals surface area contributed by atoms with Crippen LogP contribution in [-0.2, 0) is 4.74 Å². The van der Waals surface area contributed by atoms with Crippen molar-refractivity contribution < 1.29 is 9.53 Å². The fraction of sp³-hybridized carbons (Fsp3) is 0.909. The van der Waals surface area contributed by atoms with Gasteiger partial charge in [-0.25, -0.2) is 4.79 Å². The largest absolute Gasteiger partial charge is 0.444 e. The summed E-state index contributed by atoms with van der Waals surface area (Å²) in [6, 6.07) is 1.00. The number of hydrogen-bond donors (Lipinski definition) is 1. The van der Waals surface area contributed by atoms with Crippen LogP contribution in [0, 0.1) is 17.8 Å². The Labute approximate surface area is 89.7 Å².